The summed E-state index contributed by atoms with van der Waals surface area (Å²) in [6, 6.07) is 18.9. The van der Waals surface area contributed by atoms with Crippen LogP contribution in [0, 0.1) is 27.7 Å². The van der Waals surface area contributed by atoms with E-state index in [1.165, 1.54) is 16.7 Å². The van der Waals surface area contributed by atoms with Gasteiger partial charge in [0.2, 0.25) is 0 Å². The molecular weight excluding hydrogens is 818 g/mol. The fraction of sp³-hybridized carbons (Fsp3) is 0.440. The smallest absolute Gasteiger partial charge is 0.268 e. The maximum Gasteiger partial charge on any atom is 0.268 e. The molecule has 3 aromatic carbocycles. The van der Waals surface area contributed by atoms with Gasteiger partial charge in [0.1, 0.15) is 17.1 Å². The van der Waals surface area contributed by atoms with Gasteiger partial charge in [-0.3, -0.25) is 9.69 Å². The third kappa shape index (κ3) is 12.7. The Morgan fingerprint density at radius 3 is 2.15 bits per heavy atom. The van der Waals surface area contributed by atoms with Crippen molar-refractivity contribution >= 4 is 49.8 Å². The standard InChI is InChI=1S/C42H46ClN5O5S.4C2H6/c1-26-19-27(2)39(29(4)28(26)3)54(50,51)46-41(49)36-12-11-34(21-38(36)53-35-20-31-13-14-44-40(31)45-23-35)48-17-15-47(16-18-48)24-32-25-52-42(5,6)22-37(32)30-7-9-33(43)10-8-30;4*1-2/h7-14,19-21,23H,15-18,22,24-25H2,1-6H3,(H,44,45)(H,46,49);4*1-2H3. The van der Waals surface area contributed by atoms with Crippen LogP contribution in [0.25, 0.3) is 16.6 Å². The topological polar surface area (TPSA) is 117 Å². The van der Waals surface area contributed by atoms with E-state index in [1.54, 1.807) is 32.3 Å². The van der Waals surface area contributed by atoms with Crippen LogP contribution in [-0.4, -0.2) is 74.1 Å². The van der Waals surface area contributed by atoms with Gasteiger partial charge in [0.05, 0.1) is 28.9 Å². The van der Waals surface area contributed by atoms with Gasteiger partial charge in [0.25, 0.3) is 15.9 Å². The highest BCUT2D eigenvalue weighted by molar-refractivity contribution is 7.90. The second kappa shape index (κ2) is 23.7. The number of ether oxygens (including phenoxy) is 2. The Hall–Kier alpha value is -4.68. The van der Waals surface area contributed by atoms with E-state index >= 15 is 0 Å². The van der Waals surface area contributed by atoms with Gasteiger partial charge < -0.3 is 19.4 Å². The second-order valence-corrected chi connectivity index (χ2v) is 17.0. The lowest BCUT2D eigenvalue weighted by Crippen LogP contribution is -2.47. The molecule has 1 fully saturated rings. The number of amides is 1. The quantitative estimate of drug-likeness (QED) is 0.150. The Morgan fingerprint density at radius 2 is 1.50 bits per heavy atom. The third-order valence-electron chi connectivity index (χ3n) is 10.6. The molecule has 0 radical (unpaired) electrons. The van der Waals surface area contributed by atoms with E-state index in [1.807, 2.05) is 112 Å². The van der Waals surface area contributed by atoms with E-state index in [2.05, 4.69) is 50.5 Å². The fourth-order valence-electron chi connectivity index (χ4n) is 7.49. The average molecular weight is 889 g/mol. The van der Waals surface area contributed by atoms with Crippen molar-refractivity contribution in [2.75, 3.05) is 44.2 Å². The Morgan fingerprint density at radius 1 is 0.855 bits per heavy atom. The van der Waals surface area contributed by atoms with E-state index < -0.39 is 15.9 Å². The lowest BCUT2D eigenvalue weighted by Gasteiger charge is -2.39. The van der Waals surface area contributed by atoms with Crippen LogP contribution in [-0.2, 0) is 14.8 Å². The number of hydrogen-bond donors (Lipinski definition) is 2. The molecule has 62 heavy (non-hydrogen) atoms. The highest BCUT2D eigenvalue weighted by Crippen LogP contribution is 2.37. The molecule has 2 aromatic heterocycles. The number of aromatic nitrogens is 2. The van der Waals surface area contributed by atoms with Crippen molar-refractivity contribution in [2.24, 2.45) is 0 Å². The summed E-state index contributed by atoms with van der Waals surface area (Å²) >= 11 is 6.21. The Bertz CT molecular complexity index is 2380. The number of halogens is 1. The number of nitrogens with zero attached hydrogens (tertiary/aromatic N) is 3. The first-order chi connectivity index (χ1) is 29.7. The summed E-state index contributed by atoms with van der Waals surface area (Å²) in [7, 11) is -4.20. The summed E-state index contributed by atoms with van der Waals surface area (Å²) in [5.41, 5.74) is 8.24. The molecule has 0 atom stereocenters. The first-order valence-electron chi connectivity index (χ1n) is 22.1. The summed E-state index contributed by atoms with van der Waals surface area (Å²) in [5.74, 6) is -0.131. The van der Waals surface area contributed by atoms with E-state index in [0.717, 1.165) is 66.4 Å². The fourth-order valence-corrected chi connectivity index (χ4v) is 9.11. The highest BCUT2D eigenvalue weighted by Gasteiger charge is 2.31. The molecule has 7 rings (SSSR count). The van der Waals surface area contributed by atoms with Crippen molar-refractivity contribution in [3.8, 4) is 11.5 Å². The SMILES string of the molecule is CC.CC.CC.CC.Cc1cc(C)c(S(=O)(=O)NC(=O)c2ccc(N3CCN(CC4=C(c5ccc(Cl)cc5)CC(C)(C)OC4)CC3)cc2Oc2cnc3[nH]ccc3c2)c(C)c1C. The van der Waals surface area contributed by atoms with Crippen molar-refractivity contribution in [3.63, 3.8) is 0 Å². The summed E-state index contributed by atoms with van der Waals surface area (Å²) in [6.45, 7) is 32.1. The summed E-state index contributed by atoms with van der Waals surface area (Å²) < 4.78 is 42.4. The molecule has 2 aliphatic heterocycles. The Balaban J connectivity index is 0.00000121. The van der Waals surface area contributed by atoms with Gasteiger partial charge in [-0.1, -0.05) is 85.2 Å². The maximum absolute atomic E-state index is 13.9. The number of rotatable bonds is 9. The van der Waals surface area contributed by atoms with Crippen LogP contribution in [0.5, 0.6) is 11.5 Å². The van der Waals surface area contributed by atoms with Crippen LogP contribution in [0.4, 0.5) is 5.69 Å². The molecule has 1 amide bonds. The van der Waals surface area contributed by atoms with Crippen LogP contribution in [0.15, 0.2) is 83.5 Å². The molecule has 12 heteroatoms. The number of nitrogens with one attached hydrogen (secondary N) is 2. The second-order valence-electron chi connectivity index (χ2n) is 15.0. The average Bonchev–Trinajstić information content (AvgIpc) is 3.75. The molecule has 5 aromatic rings. The minimum Gasteiger partial charge on any atom is -0.455 e. The number of sulfonamides is 1. The molecule has 10 nitrogen and oxygen atoms in total. The predicted molar refractivity (Wildman–Crippen MR) is 260 cm³/mol. The van der Waals surface area contributed by atoms with Crippen molar-refractivity contribution in [3.05, 3.63) is 117 Å². The van der Waals surface area contributed by atoms with Crippen molar-refractivity contribution < 1.29 is 22.7 Å². The van der Waals surface area contributed by atoms with E-state index in [4.69, 9.17) is 21.1 Å². The maximum atomic E-state index is 13.9. The summed E-state index contributed by atoms with van der Waals surface area (Å²) in [5, 5.41) is 1.56. The van der Waals surface area contributed by atoms with Crippen LogP contribution in [0.3, 0.4) is 0 Å². The molecule has 2 N–H and O–H groups in total. The van der Waals surface area contributed by atoms with Crippen LogP contribution in [0.1, 0.15) is 114 Å². The van der Waals surface area contributed by atoms with Gasteiger partial charge in [0.15, 0.2) is 0 Å². The normalized spacial score (nSPS) is 14.8. The third-order valence-corrected chi connectivity index (χ3v) is 12.5. The highest BCUT2D eigenvalue weighted by atomic mass is 35.5. The van der Waals surface area contributed by atoms with E-state index in [-0.39, 0.29) is 21.8 Å². The molecule has 1 saturated heterocycles. The zero-order valence-corrected chi connectivity index (χ0v) is 41.1. The molecule has 2 aliphatic rings. The predicted octanol–water partition coefficient (Wildman–Crippen LogP) is 12.2. The monoisotopic (exact) mass is 887 g/mol. The molecule has 0 spiro atoms. The van der Waals surface area contributed by atoms with Crippen LogP contribution < -0.4 is 14.4 Å². The van der Waals surface area contributed by atoms with Gasteiger partial charge in [-0.15, -0.1) is 0 Å². The van der Waals surface area contributed by atoms with Gasteiger partial charge in [0, 0.05) is 67.5 Å². The van der Waals surface area contributed by atoms with Crippen LogP contribution in [0.2, 0.25) is 5.02 Å². The molecule has 0 saturated carbocycles. The molecule has 0 aliphatic carbocycles. The van der Waals surface area contributed by atoms with Crippen molar-refractivity contribution in [1.82, 2.24) is 19.6 Å². The number of pyridine rings is 1. The summed E-state index contributed by atoms with van der Waals surface area (Å²) in [6.07, 6.45) is 4.19. The Kier molecular flexibility index (Phi) is 19.7. The molecular formula is C50H70ClN5O5S. The number of piperazine rings is 1. The zero-order valence-electron chi connectivity index (χ0n) is 39.5. The number of aryl methyl sites for hydroxylation is 2. The Labute approximate surface area is 377 Å². The van der Waals surface area contributed by atoms with E-state index in [9.17, 15) is 13.2 Å². The van der Waals surface area contributed by atoms with E-state index in [0.29, 0.717) is 29.1 Å². The molecule has 338 valence electrons. The molecule has 4 heterocycles. The lowest BCUT2D eigenvalue weighted by molar-refractivity contribution is -0.0101. The summed E-state index contributed by atoms with van der Waals surface area (Å²) in [4.78, 5) is 26.2. The first kappa shape index (κ1) is 51.7. The van der Waals surface area contributed by atoms with Crippen molar-refractivity contribution in [1.29, 1.82) is 0 Å². The number of aromatic amines is 1. The number of H-pyrrole nitrogens is 1. The number of hydrogen-bond acceptors (Lipinski definition) is 8. The lowest BCUT2D eigenvalue weighted by atomic mass is 9.87. The number of carbonyl (C=O) groups excluding carboxylic acids is 1. The van der Waals surface area contributed by atoms with Gasteiger partial charge in [-0.25, -0.2) is 18.1 Å². The number of anilines is 1. The minimum atomic E-state index is -4.20. The minimum absolute atomic E-state index is 0.0937. The number of fused-ring (bicyclic) bond motifs is 1. The molecule has 0 bridgehead atoms. The largest absolute Gasteiger partial charge is 0.455 e. The number of benzene rings is 3. The van der Waals surface area contributed by atoms with Gasteiger partial charge in [-0.2, -0.15) is 0 Å². The van der Waals surface area contributed by atoms with Gasteiger partial charge in [-0.05, 0) is 117 Å². The molecule has 0 unspecified atom stereocenters. The van der Waals surface area contributed by atoms with Crippen LogP contribution >= 0.6 is 11.6 Å². The van der Waals surface area contributed by atoms with Gasteiger partial charge >= 0.3 is 0 Å². The zero-order chi connectivity index (χ0) is 46.4. The first-order valence-corrected chi connectivity index (χ1v) is 24.0. The van der Waals surface area contributed by atoms with Crippen molar-refractivity contribution in [2.45, 2.75) is 114 Å². The number of carbonyl (C=O) groups is 1.